The van der Waals surface area contributed by atoms with Gasteiger partial charge in [0.25, 0.3) is 0 Å². The van der Waals surface area contributed by atoms with Gasteiger partial charge >= 0.3 is 11.9 Å². The Morgan fingerprint density at radius 3 is 1.60 bits per heavy atom. The molecular weight excluding hydrogens is 208 g/mol. The van der Waals surface area contributed by atoms with Crippen molar-refractivity contribution in [3.8, 4) is 0 Å². The lowest BCUT2D eigenvalue weighted by molar-refractivity contribution is -0.159. The van der Waals surface area contributed by atoms with E-state index in [9.17, 15) is 0 Å². The highest BCUT2D eigenvalue weighted by atomic mass is 16.6. The molecule has 7 nitrogen and oxygen atoms in total. The fraction of sp³-hybridized carbons (Fsp3) is 0.750. The average molecular weight is 220 g/mol. The first kappa shape index (κ1) is 11.9. The summed E-state index contributed by atoms with van der Waals surface area (Å²) < 4.78 is 15.1. The minimum absolute atomic E-state index is 0.392. The second kappa shape index (κ2) is 5.64. The van der Waals surface area contributed by atoms with Gasteiger partial charge in [0.2, 0.25) is 0 Å². The van der Waals surface area contributed by atoms with Crippen LogP contribution in [0.4, 0.5) is 0 Å². The van der Waals surface area contributed by atoms with E-state index in [4.69, 9.17) is 34.0 Å². The Morgan fingerprint density at radius 1 is 1.07 bits per heavy atom. The molecule has 0 radical (unpaired) electrons. The Balaban J connectivity index is 0.000000167. The van der Waals surface area contributed by atoms with Crippen LogP contribution in [0.5, 0.6) is 0 Å². The summed E-state index contributed by atoms with van der Waals surface area (Å²) in [6.07, 6.45) is 0.785. The monoisotopic (exact) mass is 220 g/mol. The molecule has 0 aromatic rings. The number of hydrogen-bond donors (Lipinski definition) is 2. The van der Waals surface area contributed by atoms with Gasteiger partial charge in [-0.15, -0.1) is 0 Å². The van der Waals surface area contributed by atoms with E-state index >= 15 is 0 Å². The summed E-state index contributed by atoms with van der Waals surface area (Å²) in [6, 6.07) is 0. The number of hydrogen-bond acceptors (Lipinski definition) is 5. The van der Waals surface area contributed by atoms with E-state index in [1.165, 1.54) is 0 Å². The minimum atomic E-state index is -1.82. The molecule has 2 N–H and O–H groups in total. The first-order chi connectivity index (χ1) is 7.09. The van der Waals surface area contributed by atoms with Gasteiger partial charge < -0.3 is 24.4 Å². The molecular formula is C8H12O7. The van der Waals surface area contributed by atoms with Crippen molar-refractivity contribution in [3.63, 3.8) is 0 Å². The fourth-order valence-corrected chi connectivity index (χ4v) is 0.659. The van der Waals surface area contributed by atoms with Crippen molar-refractivity contribution in [2.24, 2.45) is 0 Å². The lowest BCUT2D eigenvalue weighted by atomic mass is 10.5. The van der Waals surface area contributed by atoms with Gasteiger partial charge in [0, 0.05) is 0 Å². The molecule has 0 aromatic carbocycles. The highest BCUT2D eigenvalue weighted by molar-refractivity contribution is 6.27. The van der Waals surface area contributed by atoms with Crippen LogP contribution in [0.2, 0.25) is 0 Å². The number of aliphatic carboxylic acids is 2. The smallest absolute Gasteiger partial charge is 0.414 e. The molecule has 2 saturated heterocycles. The van der Waals surface area contributed by atoms with Gasteiger partial charge in [-0.1, -0.05) is 0 Å². The molecule has 0 aliphatic carbocycles. The summed E-state index contributed by atoms with van der Waals surface area (Å²) in [4.78, 5) is 18.2. The quantitative estimate of drug-likeness (QED) is 0.459. The van der Waals surface area contributed by atoms with Crippen molar-refractivity contribution in [1.29, 1.82) is 0 Å². The number of epoxide rings is 2. The van der Waals surface area contributed by atoms with Gasteiger partial charge in [-0.3, -0.25) is 0 Å². The van der Waals surface area contributed by atoms with Crippen molar-refractivity contribution in [2.45, 2.75) is 12.2 Å². The molecule has 2 rings (SSSR count). The molecule has 7 heteroatoms. The molecule has 0 bridgehead atoms. The third kappa shape index (κ3) is 6.83. The van der Waals surface area contributed by atoms with Gasteiger partial charge in [-0.25, -0.2) is 9.59 Å². The van der Waals surface area contributed by atoms with E-state index in [0.29, 0.717) is 12.2 Å². The van der Waals surface area contributed by atoms with E-state index in [0.717, 1.165) is 26.4 Å². The van der Waals surface area contributed by atoms with Crippen LogP contribution in [0.3, 0.4) is 0 Å². The number of rotatable bonds is 4. The van der Waals surface area contributed by atoms with Crippen molar-refractivity contribution in [2.75, 3.05) is 26.4 Å². The Labute approximate surface area is 85.5 Å². The summed E-state index contributed by atoms with van der Waals surface area (Å²) in [5.74, 6) is -3.65. The maximum Gasteiger partial charge on any atom is 0.414 e. The summed E-state index contributed by atoms with van der Waals surface area (Å²) >= 11 is 0. The second-order valence-corrected chi connectivity index (χ2v) is 3.06. The SMILES string of the molecule is C(OCC1CO1)C1CO1.O=C(O)C(=O)O. The summed E-state index contributed by atoms with van der Waals surface area (Å²) in [5, 5.41) is 14.8. The van der Waals surface area contributed by atoms with Crippen molar-refractivity contribution >= 4 is 11.9 Å². The molecule has 2 aliphatic heterocycles. The number of carboxylic acid groups (broad SMARTS) is 2. The van der Waals surface area contributed by atoms with Gasteiger partial charge in [-0.2, -0.15) is 0 Å². The minimum Gasteiger partial charge on any atom is -0.473 e. The molecule has 86 valence electrons. The Hall–Kier alpha value is -1.18. The lowest BCUT2D eigenvalue weighted by Crippen LogP contribution is -2.09. The van der Waals surface area contributed by atoms with E-state index in [2.05, 4.69) is 0 Å². The van der Waals surface area contributed by atoms with Crippen molar-refractivity contribution in [3.05, 3.63) is 0 Å². The molecule has 0 amide bonds. The number of carboxylic acids is 2. The molecule has 2 aliphatic rings. The van der Waals surface area contributed by atoms with E-state index in [-0.39, 0.29) is 0 Å². The molecule has 2 atom stereocenters. The first-order valence-corrected chi connectivity index (χ1v) is 4.36. The highest BCUT2D eigenvalue weighted by Crippen LogP contribution is 2.12. The molecule has 0 spiro atoms. The van der Waals surface area contributed by atoms with Crippen LogP contribution in [0.1, 0.15) is 0 Å². The summed E-state index contributed by atoms with van der Waals surface area (Å²) in [6.45, 7) is 3.26. The van der Waals surface area contributed by atoms with E-state index < -0.39 is 11.9 Å². The maximum absolute atomic E-state index is 9.10. The normalized spacial score (nSPS) is 26.1. The van der Waals surface area contributed by atoms with Crippen LogP contribution in [-0.2, 0) is 23.8 Å². The van der Waals surface area contributed by atoms with Crippen LogP contribution in [-0.4, -0.2) is 60.8 Å². The van der Waals surface area contributed by atoms with Gasteiger partial charge in [0.15, 0.2) is 0 Å². The average Bonchev–Trinajstić information content (AvgIpc) is 2.99. The first-order valence-electron chi connectivity index (χ1n) is 4.36. The molecule has 2 unspecified atom stereocenters. The maximum atomic E-state index is 9.10. The standard InChI is InChI=1S/C6H10O3.C2H2O4/c1(5-3-8-5)7-2-6-4-9-6;3-1(4)2(5)6/h5-6H,1-4H2;(H,3,4)(H,5,6). The molecule has 2 heterocycles. The van der Waals surface area contributed by atoms with E-state index in [1.54, 1.807) is 0 Å². The lowest BCUT2D eigenvalue weighted by Gasteiger charge is -1.95. The molecule has 2 fully saturated rings. The molecule has 0 aromatic heterocycles. The van der Waals surface area contributed by atoms with Gasteiger partial charge in [0.1, 0.15) is 12.2 Å². The van der Waals surface area contributed by atoms with Crippen LogP contribution in [0.25, 0.3) is 0 Å². The Kier molecular flexibility index (Phi) is 4.47. The Bertz CT molecular complexity index is 207. The third-order valence-electron chi connectivity index (χ3n) is 1.60. The zero-order valence-electron chi connectivity index (χ0n) is 7.92. The predicted octanol–water partition coefficient (Wildman–Crippen LogP) is -1.04. The fourth-order valence-electron chi connectivity index (χ4n) is 0.659. The molecule has 0 saturated carbocycles. The van der Waals surface area contributed by atoms with Gasteiger partial charge in [-0.05, 0) is 0 Å². The second-order valence-electron chi connectivity index (χ2n) is 3.06. The van der Waals surface area contributed by atoms with Crippen molar-refractivity contribution in [1.82, 2.24) is 0 Å². The number of ether oxygens (including phenoxy) is 3. The van der Waals surface area contributed by atoms with Crippen LogP contribution in [0.15, 0.2) is 0 Å². The highest BCUT2D eigenvalue weighted by Gasteiger charge is 2.26. The predicted molar refractivity (Wildman–Crippen MR) is 45.6 cm³/mol. The summed E-state index contributed by atoms with van der Waals surface area (Å²) in [5.41, 5.74) is 0. The van der Waals surface area contributed by atoms with E-state index in [1.807, 2.05) is 0 Å². The van der Waals surface area contributed by atoms with Gasteiger partial charge in [0.05, 0.1) is 26.4 Å². The van der Waals surface area contributed by atoms with Crippen LogP contribution >= 0.6 is 0 Å². The zero-order chi connectivity index (χ0) is 11.3. The zero-order valence-corrected chi connectivity index (χ0v) is 7.92. The Morgan fingerprint density at radius 2 is 1.40 bits per heavy atom. The largest absolute Gasteiger partial charge is 0.473 e. The van der Waals surface area contributed by atoms with Crippen LogP contribution in [0, 0.1) is 0 Å². The topological polar surface area (TPSA) is 109 Å². The molecule has 15 heavy (non-hydrogen) atoms. The number of carbonyl (C=O) groups is 2. The van der Waals surface area contributed by atoms with Crippen LogP contribution < -0.4 is 0 Å². The summed E-state index contributed by atoms with van der Waals surface area (Å²) in [7, 11) is 0. The third-order valence-corrected chi connectivity index (χ3v) is 1.60. The van der Waals surface area contributed by atoms with Crippen molar-refractivity contribution < 1.29 is 34.0 Å².